The molecule has 3 nitrogen and oxygen atoms in total. The summed E-state index contributed by atoms with van der Waals surface area (Å²) in [6.07, 6.45) is 0. The molecule has 1 radical (unpaired) electrons. The molecule has 0 spiro atoms. The number of benzene rings is 1. The maximum atomic E-state index is 11.3. The minimum atomic E-state index is -0.0267. The average molecular weight is 192 g/mol. The molecule has 1 aromatic carbocycles. The van der Waals surface area contributed by atoms with Crippen LogP contribution in [0.2, 0.25) is 0 Å². The van der Waals surface area contributed by atoms with Gasteiger partial charge in [-0.05, 0) is 18.2 Å². The zero-order chi connectivity index (χ0) is 10.6. The predicted molar refractivity (Wildman–Crippen MR) is 55.3 cm³/mol. The Morgan fingerprint density at radius 2 is 2.21 bits per heavy atom. The smallest absolute Gasteiger partial charge is 0.226 e. The van der Waals surface area contributed by atoms with Crippen molar-refractivity contribution in [3.8, 4) is 5.75 Å². The number of anilines is 1. The van der Waals surface area contributed by atoms with Gasteiger partial charge in [0.15, 0.2) is 0 Å². The molecule has 0 aliphatic rings. The molecule has 0 atom stereocenters. The Morgan fingerprint density at radius 1 is 1.50 bits per heavy atom. The number of hydrogen-bond donors (Lipinski definition) is 1. The second-order valence-corrected chi connectivity index (χ2v) is 3.31. The minimum Gasteiger partial charge on any atom is -0.497 e. The molecular weight excluding hydrogens is 178 g/mol. The Bertz CT molecular complexity index is 321. The summed E-state index contributed by atoms with van der Waals surface area (Å²) in [5, 5.41) is 2.77. The van der Waals surface area contributed by atoms with Crippen molar-refractivity contribution in [2.24, 2.45) is 5.92 Å². The molecule has 1 rings (SSSR count). The number of amides is 1. The zero-order valence-corrected chi connectivity index (χ0v) is 8.63. The first-order valence-electron chi connectivity index (χ1n) is 4.49. The van der Waals surface area contributed by atoms with Crippen LogP contribution in [-0.2, 0) is 4.79 Å². The van der Waals surface area contributed by atoms with Gasteiger partial charge in [-0.3, -0.25) is 4.79 Å². The van der Waals surface area contributed by atoms with Gasteiger partial charge in [0.05, 0.1) is 7.11 Å². The largest absolute Gasteiger partial charge is 0.497 e. The zero-order valence-electron chi connectivity index (χ0n) is 8.63. The molecule has 0 saturated carbocycles. The van der Waals surface area contributed by atoms with Crippen LogP contribution >= 0.6 is 0 Å². The van der Waals surface area contributed by atoms with E-state index < -0.39 is 0 Å². The first-order valence-corrected chi connectivity index (χ1v) is 4.49. The van der Waals surface area contributed by atoms with Crippen LogP contribution in [0.15, 0.2) is 18.2 Å². The van der Waals surface area contributed by atoms with Gasteiger partial charge in [0.2, 0.25) is 5.91 Å². The van der Waals surface area contributed by atoms with Gasteiger partial charge in [-0.25, -0.2) is 0 Å². The van der Waals surface area contributed by atoms with E-state index in [4.69, 9.17) is 4.74 Å². The highest BCUT2D eigenvalue weighted by molar-refractivity contribution is 5.92. The Hall–Kier alpha value is -1.51. The van der Waals surface area contributed by atoms with Crippen LogP contribution in [0.25, 0.3) is 0 Å². The first kappa shape index (κ1) is 10.6. The summed E-state index contributed by atoms with van der Waals surface area (Å²) in [4.78, 5) is 11.3. The van der Waals surface area contributed by atoms with Gasteiger partial charge in [-0.2, -0.15) is 0 Å². The summed E-state index contributed by atoms with van der Waals surface area (Å²) in [6.45, 7) is 3.69. The molecule has 0 heterocycles. The van der Waals surface area contributed by atoms with Gasteiger partial charge in [-0.1, -0.05) is 13.8 Å². The van der Waals surface area contributed by atoms with Crippen LogP contribution in [0.1, 0.15) is 13.8 Å². The molecule has 0 aromatic heterocycles. The van der Waals surface area contributed by atoms with E-state index in [1.165, 1.54) is 0 Å². The number of ether oxygens (including phenoxy) is 1. The molecule has 1 aromatic rings. The number of methoxy groups -OCH3 is 1. The summed E-state index contributed by atoms with van der Waals surface area (Å²) in [7, 11) is 1.58. The molecule has 0 bridgehead atoms. The van der Waals surface area contributed by atoms with Crippen LogP contribution in [0.3, 0.4) is 0 Å². The van der Waals surface area contributed by atoms with Crippen molar-refractivity contribution < 1.29 is 9.53 Å². The van der Waals surface area contributed by atoms with Crippen molar-refractivity contribution in [3.63, 3.8) is 0 Å². The molecule has 75 valence electrons. The number of carbonyl (C=O) groups is 1. The number of hydrogen-bond acceptors (Lipinski definition) is 2. The SMILES string of the molecule is COc1c[c]cc(NC(=O)C(C)C)c1. The maximum Gasteiger partial charge on any atom is 0.226 e. The van der Waals surface area contributed by atoms with E-state index in [2.05, 4.69) is 11.4 Å². The molecule has 0 aliphatic heterocycles. The minimum absolute atomic E-state index is 0.00773. The fraction of sp³-hybridized carbons (Fsp3) is 0.364. The molecule has 1 N–H and O–H groups in total. The monoisotopic (exact) mass is 192 g/mol. The Morgan fingerprint density at radius 3 is 2.79 bits per heavy atom. The van der Waals surface area contributed by atoms with Gasteiger partial charge in [0, 0.05) is 17.7 Å². The van der Waals surface area contributed by atoms with Crippen LogP contribution in [0.5, 0.6) is 5.75 Å². The second-order valence-electron chi connectivity index (χ2n) is 3.31. The number of nitrogens with one attached hydrogen (secondary N) is 1. The average Bonchev–Trinajstić information content (AvgIpc) is 2.18. The van der Waals surface area contributed by atoms with E-state index in [0.717, 1.165) is 0 Å². The summed E-state index contributed by atoms with van der Waals surface area (Å²) in [6, 6.07) is 8.07. The predicted octanol–water partition coefficient (Wildman–Crippen LogP) is 2.09. The van der Waals surface area contributed by atoms with E-state index in [1.54, 1.807) is 25.3 Å². The van der Waals surface area contributed by atoms with Gasteiger partial charge in [0.1, 0.15) is 5.75 Å². The third kappa shape index (κ3) is 2.76. The van der Waals surface area contributed by atoms with Crippen molar-refractivity contribution in [2.75, 3.05) is 12.4 Å². The Balaban J connectivity index is 2.72. The molecule has 0 aliphatic carbocycles. The van der Waals surface area contributed by atoms with Crippen LogP contribution in [0.4, 0.5) is 5.69 Å². The fourth-order valence-electron chi connectivity index (χ4n) is 0.927. The summed E-state index contributed by atoms with van der Waals surface area (Å²) in [5.74, 6) is 0.652. The highest BCUT2D eigenvalue weighted by Gasteiger charge is 2.06. The van der Waals surface area contributed by atoms with E-state index in [0.29, 0.717) is 11.4 Å². The lowest BCUT2D eigenvalue weighted by Gasteiger charge is -2.08. The Labute approximate surface area is 84.1 Å². The first-order chi connectivity index (χ1) is 6.63. The second kappa shape index (κ2) is 4.65. The van der Waals surface area contributed by atoms with E-state index in [9.17, 15) is 4.79 Å². The van der Waals surface area contributed by atoms with Crippen LogP contribution in [0, 0.1) is 12.0 Å². The van der Waals surface area contributed by atoms with Gasteiger partial charge < -0.3 is 10.1 Å². The highest BCUT2D eigenvalue weighted by atomic mass is 16.5. The lowest BCUT2D eigenvalue weighted by Crippen LogP contribution is -2.17. The van der Waals surface area contributed by atoms with Crippen molar-refractivity contribution in [1.82, 2.24) is 0 Å². The third-order valence-electron chi connectivity index (χ3n) is 1.79. The van der Waals surface area contributed by atoms with Gasteiger partial charge >= 0.3 is 0 Å². The molecule has 0 fully saturated rings. The van der Waals surface area contributed by atoms with E-state index in [1.807, 2.05) is 13.8 Å². The topological polar surface area (TPSA) is 38.3 Å². The van der Waals surface area contributed by atoms with Crippen LogP contribution in [-0.4, -0.2) is 13.0 Å². The van der Waals surface area contributed by atoms with Gasteiger partial charge in [-0.15, -0.1) is 0 Å². The molecular formula is C11H14NO2. The van der Waals surface area contributed by atoms with Crippen molar-refractivity contribution in [1.29, 1.82) is 0 Å². The van der Waals surface area contributed by atoms with E-state index >= 15 is 0 Å². The lowest BCUT2D eigenvalue weighted by atomic mass is 10.2. The van der Waals surface area contributed by atoms with E-state index in [-0.39, 0.29) is 11.8 Å². The van der Waals surface area contributed by atoms with Crippen LogP contribution < -0.4 is 10.1 Å². The maximum absolute atomic E-state index is 11.3. The van der Waals surface area contributed by atoms with Gasteiger partial charge in [0.25, 0.3) is 0 Å². The fourth-order valence-corrected chi connectivity index (χ4v) is 0.927. The third-order valence-corrected chi connectivity index (χ3v) is 1.79. The molecule has 14 heavy (non-hydrogen) atoms. The van der Waals surface area contributed by atoms with Crippen molar-refractivity contribution >= 4 is 11.6 Å². The van der Waals surface area contributed by atoms with Crippen molar-refractivity contribution in [2.45, 2.75) is 13.8 Å². The number of carbonyl (C=O) groups excluding carboxylic acids is 1. The Kier molecular flexibility index (Phi) is 3.51. The normalized spacial score (nSPS) is 10.0. The highest BCUT2D eigenvalue weighted by Crippen LogP contribution is 2.16. The number of rotatable bonds is 3. The molecule has 0 saturated heterocycles. The summed E-state index contributed by atoms with van der Waals surface area (Å²) >= 11 is 0. The van der Waals surface area contributed by atoms with Crippen molar-refractivity contribution in [3.05, 3.63) is 24.3 Å². The molecule has 1 amide bonds. The summed E-state index contributed by atoms with van der Waals surface area (Å²) in [5.41, 5.74) is 0.711. The standard InChI is InChI=1S/C11H14NO2/c1-8(2)11(13)12-9-5-4-6-10(7-9)14-3/h5-8H,1-3H3,(H,12,13). The lowest BCUT2D eigenvalue weighted by molar-refractivity contribution is -0.118. The quantitative estimate of drug-likeness (QED) is 0.796. The molecule has 0 unspecified atom stereocenters. The summed E-state index contributed by atoms with van der Waals surface area (Å²) < 4.78 is 5.01. The molecule has 3 heteroatoms.